The number of nitrogens with one attached hydrogen (secondary N) is 1. The molecule has 18 heavy (non-hydrogen) atoms. The number of urea groups is 1. The van der Waals surface area contributed by atoms with Crippen LogP contribution in [0.4, 0.5) is 10.5 Å². The summed E-state index contributed by atoms with van der Waals surface area (Å²) < 4.78 is 0. The summed E-state index contributed by atoms with van der Waals surface area (Å²) in [5.74, 6) is 0.782. The highest BCUT2D eigenvalue weighted by molar-refractivity contribution is 8.01. The molecule has 6 heteroatoms. The van der Waals surface area contributed by atoms with E-state index in [9.17, 15) is 9.59 Å². The molecular weight excluding hydrogens is 272 g/mol. The maximum Gasteiger partial charge on any atom is 0.329 e. The summed E-state index contributed by atoms with van der Waals surface area (Å²) in [5.41, 5.74) is 0.563. The topological polar surface area (TPSA) is 49.4 Å². The first-order valence-electron chi connectivity index (χ1n) is 5.68. The Morgan fingerprint density at radius 1 is 1.28 bits per heavy atom. The van der Waals surface area contributed by atoms with Crippen molar-refractivity contribution in [2.24, 2.45) is 0 Å². The Hall–Kier alpha value is -1.20. The van der Waals surface area contributed by atoms with Crippen LogP contribution in [0.2, 0.25) is 5.02 Å². The lowest BCUT2D eigenvalue weighted by Gasteiger charge is -2.33. The van der Waals surface area contributed by atoms with Crippen LogP contribution in [-0.4, -0.2) is 29.0 Å². The van der Waals surface area contributed by atoms with Gasteiger partial charge in [-0.25, -0.2) is 9.69 Å². The third-order valence-corrected chi connectivity index (χ3v) is 4.76. The van der Waals surface area contributed by atoms with E-state index in [4.69, 9.17) is 11.6 Å². The molecule has 3 rings (SSSR count). The van der Waals surface area contributed by atoms with Gasteiger partial charge in [0.2, 0.25) is 5.91 Å². The van der Waals surface area contributed by atoms with Crippen molar-refractivity contribution in [3.8, 4) is 0 Å². The van der Waals surface area contributed by atoms with Crippen LogP contribution in [-0.2, 0) is 4.79 Å². The van der Waals surface area contributed by atoms with Gasteiger partial charge in [-0.1, -0.05) is 11.6 Å². The molecule has 2 aliphatic rings. The van der Waals surface area contributed by atoms with Crippen molar-refractivity contribution < 1.29 is 9.59 Å². The molecule has 0 aromatic heterocycles. The van der Waals surface area contributed by atoms with Gasteiger partial charge in [0, 0.05) is 5.02 Å². The van der Waals surface area contributed by atoms with Crippen LogP contribution in [0.25, 0.3) is 0 Å². The highest BCUT2D eigenvalue weighted by atomic mass is 35.5. The average molecular weight is 283 g/mol. The van der Waals surface area contributed by atoms with Crippen molar-refractivity contribution in [1.29, 1.82) is 0 Å². The van der Waals surface area contributed by atoms with Gasteiger partial charge in [-0.3, -0.25) is 4.79 Å². The van der Waals surface area contributed by atoms with Gasteiger partial charge in [0.25, 0.3) is 0 Å². The third kappa shape index (κ3) is 1.87. The Morgan fingerprint density at radius 3 is 2.72 bits per heavy atom. The first-order chi connectivity index (χ1) is 8.66. The number of imide groups is 1. The zero-order chi connectivity index (χ0) is 12.7. The van der Waals surface area contributed by atoms with E-state index in [0.29, 0.717) is 10.7 Å². The lowest BCUT2D eigenvalue weighted by Crippen LogP contribution is -2.60. The van der Waals surface area contributed by atoms with Crippen molar-refractivity contribution in [3.05, 3.63) is 29.3 Å². The molecule has 2 aliphatic heterocycles. The second kappa shape index (κ2) is 4.48. The van der Waals surface area contributed by atoms with Crippen LogP contribution in [0.1, 0.15) is 6.42 Å². The van der Waals surface area contributed by atoms with Crippen LogP contribution >= 0.6 is 23.4 Å². The fourth-order valence-corrected chi connectivity index (χ4v) is 3.72. The van der Waals surface area contributed by atoms with Gasteiger partial charge in [-0.15, -0.1) is 11.8 Å². The van der Waals surface area contributed by atoms with Gasteiger partial charge in [0.05, 0.1) is 11.7 Å². The molecule has 2 heterocycles. The molecule has 3 amide bonds. The molecule has 2 saturated heterocycles. The standard InChI is InChI=1S/C12H11ClN2O2S/c13-7-1-3-8(4-2-7)15-11(16)10-9(5-6-18-10)14-12(15)17/h1-4,9-10H,5-6H2,(H,14,17). The Bertz CT molecular complexity index is 505. The molecule has 0 saturated carbocycles. The molecular formula is C12H11ClN2O2S. The van der Waals surface area contributed by atoms with Gasteiger partial charge in [0.15, 0.2) is 0 Å². The van der Waals surface area contributed by atoms with E-state index in [1.807, 2.05) is 0 Å². The monoisotopic (exact) mass is 282 g/mol. The van der Waals surface area contributed by atoms with E-state index in [1.165, 1.54) is 4.90 Å². The first kappa shape index (κ1) is 11.9. The second-order valence-electron chi connectivity index (χ2n) is 4.29. The van der Waals surface area contributed by atoms with Crippen LogP contribution in [0.3, 0.4) is 0 Å². The van der Waals surface area contributed by atoms with Crippen molar-refractivity contribution in [1.82, 2.24) is 5.32 Å². The number of carbonyl (C=O) groups excluding carboxylic acids is 2. The molecule has 0 spiro atoms. The van der Waals surface area contributed by atoms with Gasteiger partial charge < -0.3 is 5.32 Å². The van der Waals surface area contributed by atoms with Gasteiger partial charge in [0.1, 0.15) is 5.25 Å². The number of rotatable bonds is 1. The molecule has 0 aliphatic carbocycles. The summed E-state index contributed by atoms with van der Waals surface area (Å²) >= 11 is 7.41. The van der Waals surface area contributed by atoms with Crippen LogP contribution in [0, 0.1) is 0 Å². The number of thioether (sulfide) groups is 1. The number of fused-ring (bicyclic) bond motifs is 1. The highest BCUT2D eigenvalue weighted by Gasteiger charge is 2.44. The predicted octanol–water partition coefficient (Wildman–Crippen LogP) is 2.27. The molecule has 1 N–H and O–H groups in total. The zero-order valence-electron chi connectivity index (χ0n) is 9.43. The Labute approximate surface area is 114 Å². The summed E-state index contributed by atoms with van der Waals surface area (Å²) in [6, 6.07) is 6.35. The minimum atomic E-state index is -0.342. The normalized spacial score (nSPS) is 27.1. The SMILES string of the molecule is O=C1NC2CCSC2C(=O)N1c1ccc(Cl)cc1. The van der Waals surface area contributed by atoms with E-state index >= 15 is 0 Å². The smallest absolute Gasteiger partial charge is 0.329 e. The largest absolute Gasteiger partial charge is 0.333 e. The minimum Gasteiger partial charge on any atom is -0.333 e. The highest BCUT2D eigenvalue weighted by Crippen LogP contribution is 2.33. The van der Waals surface area contributed by atoms with Crippen molar-refractivity contribution in [2.75, 3.05) is 10.7 Å². The molecule has 2 atom stereocenters. The predicted molar refractivity (Wildman–Crippen MR) is 72.1 cm³/mol. The number of carbonyl (C=O) groups is 2. The summed E-state index contributed by atoms with van der Waals surface area (Å²) in [6.45, 7) is 0. The Kier molecular flexibility index (Phi) is 2.95. The first-order valence-corrected chi connectivity index (χ1v) is 7.11. The molecule has 2 fully saturated rings. The number of halogens is 1. The number of amides is 3. The van der Waals surface area contributed by atoms with Gasteiger partial charge in [-0.2, -0.15) is 0 Å². The quantitative estimate of drug-likeness (QED) is 0.860. The van der Waals surface area contributed by atoms with Gasteiger partial charge in [-0.05, 0) is 36.4 Å². The number of benzene rings is 1. The van der Waals surface area contributed by atoms with Crippen LogP contribution in [0.15, 0.2) is 24.3 Å². The van der Waals surface area contributed by atoms with E-state index in [2.05, 4.69) is 5.32 Å². The van der Waals surface area contributed by atoms with E-state index < -0.39 is 0 Å². The summed E-state index contributed by atoms with van der Waals surface area (Å²) in [5, 5.41) is 3.31. The van der Waals surface area contributed by atoms with Gasteiger partial charge >= 0.3 is 6.03 Å². The molecule has 94 valence electrons. The Morgan fingerprint density at radius 2 is 2.00 bits per heavy atom. The fourth-order valence-electron chi connectivity index (χ4n) is 2.27. The second-order valence-corrected chi connectivity index (χ2v) is 5.97. The molecule has 2 unspecified atom stereocenters. The van der Waals surface area contributed by atoms with Crippen LogP contribution < -0.4 is 10.2 Å². The van der Waals surface area contributed by atoms with Crippen molar-refractivity contribution >= 4 is 41.0 Å². The molecule has 0 radical (unpaired) electrons. The number of hydrogen-bond donors (Lipinski definition) is 1. The van der Waals surface area contributed by atoms with E-state index in [-0.39, 0.29) is 23.2 Å². The maximum atomic E-state index is 12.3. The number of hydrogen-bond acceptors (Lipinski definition) is 3. The van der Waals surface area contributed by atoms with Crippen molar-refractivity contribution in [3.63, 3.8) is 0 Å². The van der Waals surface area contributed by atoms with Crippen molar-refractivity contribution in [2.45, 2.75) is 17.7 Å². The Balaban J connectivity index is 1.93. The van der Waals surface area contributed by atoms with E-state index in [1.54, 1.807) is 36.0 Å². The average Bonchev–Trinajstić information content (AvgIpc) is 2.80. The third-order valence-electron chi connectivity index (χ3n) is 3.15. The minimum absolute atomic E-state index is 0.0152. The summed E-state index contributed by atoms with van der Waals surface area (Å²) in [7, 11) is 0. The summed E-state index contributed by atoms with van der Waals surface area (Å²) in [4.78, 5) is 25.5. The van der Waals surface area contributed by atoms with E-state index in [0.717, 1.165) is 12.2 Å². The molecule has 0 bridgehead atoms. The van der Waals surface area contributed by atoms with Crippen LogP contribution in [0.5, 0.6) is 0 Å². The molecule has 4 nitrogen and oxygen atoms in total. The maximum absolute atomic E-state index is 12.3. The number of anilines is 1. The fraction of sp³-hybridized carbons (Fsp3) is 0.333. The lowest BCUT2D eigenvalue weighted by molar-refractivity contribution is -0.118. The lowest BCUT2D eigenvalue weighted by atomic mass is 10.1. The number of nitrogens with zero attached hydrogens (tertiary/aromatic N) is 1. The molecule has 1 aromatic carbocycles. The molecule has 1 aromatic rings. The summed E-state index contributed by atoms with van der Waals surface area (Å²) in [6.07, 6.45) is 0.862. The zero-order valence-corrected chi connectivity index (χ0v) is 11.0.